The summed E-state index contributed by atoms with van der Waals surface area (Å²) in [6.07, 6.45) is 0. The molecule has 5 nitrogen and oxygen atoms in total. The summed E-state index contributed by atoms with van der Waals surface area (Å²) in [6, 6.07) is 5.42. The Labute approximate surface area is 106 Å². The van der Waals surface area contributed by atoms with Gasteiger partial charge in [0.1, 0.15) is 17.2 Å². The van der Waals surface area contributed by atoms with Crippen LogP contribution in [0.2, 0.25) is 0 Å². The molecule has 7 heteroatoms. The molecule has 0 saturated carbocycles. The van der Waals surface area contributed by atoms with Gasteiger partial charge in [0, 0.05) is 12.1 Å². The summed E-state index contributed by atoms with van der Waals surface area (Å²) in [5.41, 5.74) is 4.30. The number of aromatic amines is 1. The lowest BCUT2D eigenvalue weighted by Gasteiger charge is -2.09. The average molecular weight is 265 g/mol. The number of pyridine rings is 1. The van der Waals surface area contributed by atoms with Crippen molar-refractivity contribution in [3.8, 4) is 0 Å². The summed E-state index contributed by atoms with van der Waals surface area (Å²) in [4.78, 5) is 25.1. The number of carbonyl (C=O) groups excluding carboxylic acids is 1. The van der Waals surface area contributed by atoms with E-state index >= 15 is 0 Å². The van der Waals surface area contributed by atoms with E-state index in [2.05, 4.69) is 10.3 Å². The first-order valence-electron chi connectivity index (χ1n) is 5.22. The lowest BCUT2D eigenvalue weighted by Crippen LogP contribution is -2.19. The van der Waals surface area contributed by atoms with Gasteiger partial charge in [0.25, 0.3) is 5.91 Å². The summed E-state index contributed by atoms with van der Waals surface area (Å²) >= 11 is 0. The second-order valence-electron chi connectivity index (χ2n) is 3.73. The van der Waals surface area contributed by atoms with Crippen LogP contribution in [0, 0.1) is 11.6 Å². The van der Waals surface area contributed by atoms with Crippen molar-refractivity contribution in [3.05, 3.63) is 58.0 Å². The number of hydrogen-bond acceptors (Lipinski definition) is 3. The van der Waals surface area contributed by atoms with Gasteiger partial charge in [-0.25, -0.2) is 8.78 Å². The van der Waals surface area contributed by atoms with Gasteiger partial charge >= 0.3 is 0 Å². The molecule has 0 aliphatic carbocycles. The molecule has 1 aromatic carbocycles. The van der Waals surface area contributed by atoms with E-state index in [-0.39, 0.29) is 17.1 Å². The molecule has 2 aromatic rings. The third kappa shape index (κ3) is 2.76. The number of amides is 1. The quantitative estimate of drug-likeness (QED) is 0.719. The predicted molar refractivity (Wildman–Crippen MR) is 65.8 cm³/mol. The molecule has 0 fully saturated rings. The highest BCUT2D eigenvalue weighted by Crippen LogP contribution is 2.24. The highest BCUT2D eigenvalue weighted by Gasteiger charge is 2.14. The molecule has 0 saturated heterocycles. The lowest BCUT2D eigenvalue weighted by molar-refractivity contribution is 0.102. The van der Waals surface area contributed by atoms with E-state index in [9.17, 15) is 18.4 Å². The van der Waals surface area contributed by atoms with Crippen LogP contribution in [0.15, 0.2) is 35.1 Å². The molecule has 98 valence electrons. The molecule has 0 atom stereocenters. The van der Waals surface area contributed by atoms with Crippen LogP contribution in [-0.4, -0.2) is 10.9 Å². The zero-order valence-electron chi connectivity index (χ0n) is 9.54. The summed E-state index contributed by atoms with van der Waals surface area (Å²) in [5.74, 6) is -2.60. The number of halogens is 2. The molecular formula is C12H9F2N3O2. The number of aromatic nitrogens is 1. The van der Waals surface area contributed by atoms with Crippen molar-refractivity contribution in [2.24, 2.45) is 0 Å². The largest absolute Gasteiger partial charge is 0.397 e. The summed E-state index contributed by atoms with van der Waals surface area (Å²) in [6.45, 7) is 0. The number of carbonyl (C=O) groups is 1. The number of nitrogens with one attached hydrogen (secondary N) is 2. The van der Waals surface area contributed by atoms with Crippen LogP contribution in [0.25, 0.3) is 0 Å². The summed E-state index contributed by atoms with van der Waals surface area (Å²) in [7, 11) is 0. The number of nitrogens with two attached hydrogens (primary N) is 1. The molecule has 19 heavy (non-hydrogen) atoms. The van der Waals surface area contributed by atoms with Crippen molar-refractivity contribution in [3.63, 3.8) is 0 Å². The Morgan fingerprint density at radius 3 is 2.63 bits per heavy atom. The van der Waals surface area contributed by atoms with E-state index in [0.29, 0.717) is 6.07 Å². The molecule has 4 N–H and O–H groups in total. The number of rotatable bonds is 2. The fourth-order valence-electron chi connectivity index (χ4n) is 1.49. The second-order valence-corrected chi connectivity index (χ2v) is 3.73. The number of H-pyrrole nitrogens is 1. The summed E-state index contributed by atoms with van der Waals surface area (Å²) < 4.78 is 26.3. The maximum atomic E-state index is 13.5. The SMILES string of the molecule is Nc1cc(F)cc(F)c1NC(=O)c1cccc(=O)[nH]1. The van der Waals surface area contributed by atoms with Crippen LogP contribution in [0.5, 0.6) is 0 Å². The van der Waals surface area contributed by atoms with Crippen molar-refractivity contribution in [1.29, 1.82) is 0 Å². The van der Waals surface area contributed by atoms with E-state index in [0.717, 1.165) is 6.07 Å². The van der Waals surface area contributed by atoms with Crippen molar-refractivity contribution in [2.75, 3.05) is 11.1 Å². The number of anilines is 2. The fraction of sp³-hybridized carbons (Fsp3) is 0. The minimum atomic E-state index is -0.996. The molecule has 0 unspecified atom stereocenters. The highest BCUT2D eigenvalue weighted by atomic mass is 19.1. The van der Waals surface area contributed by atoms with Crippen LogP contribution in [0.1, 0.15) is 10.5 Å². The van der Waals surface area contributed by atoms with E-state index in [1.807, 2.05) is 0 Å². The van der Waals surface area contributed by atoms with E-state index in [4.69, 9.17) is 5.73 Å². The Morgan fingerprint density at radius 2 is 2.00 bits per heavy atom. The van der Waals surface area contributed by atoms with Gasteiger partial charge in [-0.2, -0.15) is 0 Å². The van der Waals surface area contributed by atoms with Gasteiger partial charge in [0.15, 0.2) is 5.82 Å². The van der Waals surface area contributed by atoms with Crippen molar-refractivity contribution in [1.82, 2.24) is 4.98 Å². The van der Waals surface area contributed by atoms with Crippen molar-refractivity contribution < 1.29 is 13.6 Å². The van der Waals surface area contributed by atoms with Gasteiger partial charge < -0.3 is 16.0 Å². The molecule has 0 bridgehead atoms. The van der Waals surface area contributed by atoms with Gasteiger partial charge in [-0.15, -0.1) is 0 Å². The van der Waals surface area contributed by atoms with Gasteiger partial charge in [0.2, 0.25) is 5.56 Å². The fourth-order valence-corrected chi connectivity index (χ4v) is 1.49. The topological polar surface area (TPSA) is 88.0 Å². The Hall–Kier alpha value is -2.70. The van der Waals surface area contributed by atoms with Crippen LogP contribution in [0.4, 0.5) is 20.2 Å². The van der Waals surface area contributed by atoms with Crippen LogP contribution in [-0.2, 0) is 0 Å². The minimum absolute atomic E-state index is 0.0596. The maximum Gasteiger partial charge on any atom is 0.272 e. The molecule has 1 aromatic heterocycles. The van der Waals surface area contributed by atoms with Gasteiger partial charge in [-0.05, 0) is 12.1 Å². The monoisotopic (exact) mass is 265 g/mol. The van der Waals surface area contributed by atoms with Gasteiger partial charge in [-0.1, -0.05) is 6.07 Å². The molecule has 0 aliphatic rings. The standard InChI is InChI=1S/C12H9F2N3O2/c13-6-4-7(14)11(8(15)5-6)17-12(19)9-2-1-3-10(18)16-9/h1-5H,15H2,(H,16,18)(H,17,19). The zero-order chi connectivity index (χ0) is 14.0. The number of hydrogen-bond donors (Lipinski definition) is 3. The summed E-state index contributed by atoms with van der Waals surface area (Å²) in [5, 5.41) is 2.17. The smallest absolute Gasteiger partial charge is 0.272 e. The first kappa shape index (κ1) is 12.7. The van der Waals surface area contributed by atoms with E-state index in [1.54, 1.807) is 0 Å². The normalized spacial score (nSPS) is 10.2. The van der Waals surface area contributed by atoms with E-state index in [1.165, 1.54) is 18.2 Å². The molecule has 0 spiro atoms. The Kier molecular flexibility index (Phi) is 3.28. The first-order chi connectivity index (χ1) is 8.97. The van der Waals surface area contributed by atoms with Gasteiger partial charge in [-0.3, -0.25) is 9.59 Å². The number of benzene rings is 1. The molecule has 1 heterocycles. The van der Waals surface area contributed by atoms with Crippen molar-refractivity contribution in [2.45, 2.75) is 0 Å². The Morgan fingerprint density at radius 1 is 1.26 bits per heavy atom. The molecular weight excluding hydrogens is 256 g/mol. The third-order valence-corrected chi connectivity index (χ3v) is 2.34. The second kappa shape index (κ2) is 4.89. The number of nitrogen functional groups attached to an aromatic ring is 1. The highest BCUT2D eigenvalue weighted by molar-refractivity contribution is 6.04. The van der Waals surface area contributed by atoms with Crippen LogP contribution in [0.3, 0.4) is 0 Å². The molecule has 0 aliphatic heterocycles. The van der Waals surface area contributed by atoms with E-state index < -0.39 is 23.1 Å². The molecule has 0 radical (unpaired) electrons. The molecule has 2 rings (SSSR count). The Bertz CT molecular complexity index is 674. The van der Waals surface area contributed by atoms with Crippen molar-refractivity contribution >= 4 is 17.3 Å². The first-order valence-corrected chi connectivity index (χ1v) is 5.22. The van der Waals surface area contributed by atoms with Crippen LogP contribution < -0.4 is 16.6 Å². The lowest BCUT2D eigenvalue weighted by atomic mass is 10.2. The maximum absolute atomic E-state index is 13.5. The molecule has 1 amide bonds. The predicted octanol–water partition coefficient (Wildman–Crippen LogP) is 1.49. The average Bonchev–Trinajstić information content (AvgIpc) is 2.33. The minimum Gasteiger partial charge on any atom is -0.397 e. The Balaban J connectivity index is 2.32. The van der Waals surface area contributed by atoms with Crippen LogP contribution >= 0.6 is 0 Å². The third-order valence-electron chi connectivity index (χ3n) is 2.34. The zero-order valence-corrected chi connectivity index (χ0v) is 9.54. The van der Waals surface area contributed by atoms with Gasteiger partial charge in [0.05, 0.1) is 5.69 Å².